The quantitative estimate of drug-likeness (QED) is 0.831. The number of halogens is 2. The summed E-state index contributed by atoms with van der Waals surface area (Å²) < 4.78 is 14.0. The van der Waals surface area contributed by atoms with E-state index in [1.807, 2.05) is 0 Å². The number of rotatable bonds is 4. The van der Waals surface area contributed by atoms with Crippen LogP contribution in [0.5, 0.6) is 0 Å². The molecule has 2 heterocycles. The van der Waals surface area contributed by atoms with E-state index >= 15 is 0 Å². The Kier molecular flexibility index (Phi) is 5.15. The van der Waals surface area contributed by atoms with E-state index in [4.69, 9.17) is 11.6 Å². The minimum atomic E-state index is -0.175. The van der Waals surface area contributed by atoms with Gasteiger partial charge >= 0.3 is 0 Å². The average Bonchev–Trinajstić information content (AvgIpc) is 2.91. The van der Waals surface area contributed by atoms with Crippen molar-refractivity contribution in [2.45, 2.75) is 44.7 Å². The maximum Gasteiger partial charge on any atom is 0.129 e. The van der Waals surface area contributed by atoms with E-state index in [1.54, 1.807) is 12.1 Å². The maximum atomic E-state index is 14.0. The predicted octanol–water partition coefficient (Wildman–Crippen LogP) is 3.93. The van der Waals surface area contributed by atoms with E-state index in [2.05, 4.69) is 9.80 Å². The first-order valence-electron chi connectivity index (χ1n) is 8.13. The topological polar surface area (TPSA) is 6.48 Å². The van der Waals surface area contributed by atoms with Crippen LogP contribution in [0.1, 0.15) is 37.7 Å². The van der Waals surface area contributed by atoms with Crippen molar-refractivity contribution in [1.29, 1.82) is 0 Å². The summed E-state index contributed by atoms with van der Waals surface area (Å²) in [5.74, 6) is -0.175. The summed E-state index contributed by atoms with van der Waals surface area (Å²) >= 11 is 6.17. The van der Waals surface area contributed by atoms with Crippen LogP contribution in [0.15, 0.2) is 18.2 Å². The van der Waals surface area contributed by atoms with Crippen LogP contribution in [0.25, 0.3) is 0 Å². The van der Waals surface area contributed by atoms with E-state index in [1.165, 1.54) is 51.3 Å². The molecule has 0 aliphatic carbocycles. The van der Waals surface area contributed by atoms with Crippen molar-refractivity contribution < 1.29 is 4.39 Å². The molecule has 3 rings (SSSR count). The number of hydrogen-bond acceptors (Lipinski definition) is 2. The Morgan fingerprint density at radius 1 is 1.10 bits per heavy atom. The fourth-order valence-electron chi connectivity index (χ4n) is 3.64. The number of hydrogen-bond donors (Lipinski definition) is 0. The summed E-state index contributed by atoms with van der Waals surface area (Å²) in [5.41, 5.74) is 0.657. The zero-order chi connectivity index (χ0) is 14.7. The number of nitrogens with zero attached hydrogens (tertiary/aromatic N) is 2. The fraction of sp³-hybridized carbons (Fsp3) is 0.647. The van der Waals surface area contributed by atoms with Gasteiger partial charge in [-0.15, -0.1) is 0 Å². The van der Waals surface area contributed by atoms with Crippen molar-refractivity contribution in [3.05, 3.63) is 34.6 Å². The van der Waals surface area contributed by atoms with E-state index in [0.717, 1.165) is 13.1 Å². The van der Waals surface area contributed by atoms with Crippen molar-refractivity contribution in [2.75, 3.05) is 26.2 Å². The molecule has 0 aromatic heterocycles. The second-order valence-corrected chi connectivity index (χ2v) is 6.74. The van der Waals surface area contributed by atoms with Gasteiger partial charge in [-0.3, -0.25) is 4.90 Å². The average molecular weight is 311 g/mol. The van der Waals surface area contributed by atoms with Gasteiger partial charge in [0.05, 0.1) is 0 Å². The molecule has 116 valence electrons. The molecule has 4 heteroatoms. The third-order valence-electron chi connectivity index (χ3n) is 4.84. The Balaban J connectivity index is 1.63. The monoisotopic (exact) mass is 310 g/mol. The third-order valence-corrected chi connectivity index (χ3v) is 5.19. The third kappa shape index (κ3) is 3.77. The van der Waals surface area contributed by atoms with Crippen LogP contribution in [-0.2, 0) is 6.54 Å². The van der Waals surface area contributed by atoms with E-state index in [-0.39, 0.29) is 5.82 Å². The lowest BCUT2D eigenvalue weighted by Crippen LogP contribution is -2.42. The molecule has 0 saturated carbocycles. The van der Waals surface area contributed by atoms with E-state index in [0.29, 0.717) is 23.2 Å². The first-order valence-corrected chi connectivity index (χ1v) is 8.51. The minimum Gasteiger partial charge on any atom is -0.302 e. The lowest BCUT2D eigenvalue weighted by Gasteiger charge is -2.33. The number of benzene rings is 1. The van der Waals surface area contributed by atoms with Gasteiger partial charge in [0.1, 0.15) is 5.82 Å². The zero-order valence-corrected chi connectivity index (χ0v) is 13.3. The van der Waals surface area contributed by atoms with Gasteiger partial charge in [-0.05, 0) is 57.5 Å². The number of piperidine rings is 1. The molecule has 21 heavy (non-hydrogen) atoms. The summed E-state index contributed by atoms with van der Waals surface area (Å²) in [6.07, 6.45) is 6.46. The predicted molar refractivity (Wildman–Crippen MR) is 85.1 cm³/mol. The van der Waals surface area contributed by atoms with Crippen LogP contribution in [0, 0.1) is 5.82 Å². The first kappa shape index (κ1) is 15.3. The molecule has 0 bridgehead atoms. The molecule has 0 spiro atoms. The summed E-state index contributed by atoms with van der Waals surface area (Å²) in [4.78, 5) is 4.99. The highest BCUT2D eigenvalue weighted by Gasteiger charge is 2.28. The first-order chi connectivity index (χ1) is 10.2. The van der Waals surface area contributed by atoms with Crippen molar-refractivity contribution in [3.8, 4) is 0 Å². The molecule has 2 saturated heterocycles. The molecule has 2 fully saturated rings. The molecule has 2 aliphatic heterocycles. The molecule has 0 radical (unpaired) electrons. The highest BCUT2D eigenvalue weighted by Crippen LogP contribution is 2.26. The second-order valence-electron chi connectivity index (χ2n) is 6.33. The van der Waals surface area contributed by atoms with Gasteiger partial charge in [0, 0.05) is 29.7 Å². The van der Waals surface area contributed by atoms with Crippen LogP contribution in [0.2, 0.25) is 5.02 Å². The van der Waals surface area contributed by atoms with E-state index in [9.17, 15) is 4.39 Å². The van der Waals surface area contributed by atoms with Gasteiger partial charge in [0.15, 0.2) is 0 Å². The van der Waals surface area contributed by atoms with Crippen LogP contribution in [-0.4, -0.2) is 42.0 Å². The number of likely N-dealkylation sites (tertiary alicyclic amines) is 2. The lowest BCUT2D eigenvalue weighted by atomic mass is 10.1. The molecule has 1 aromatic rings. The molecule has 2 aliphatic rings. The van der Waals surface area contributed by atoms with Gasteiger partial charge in [-0.2, -0.15) is 0 Å². The standard InChI is InChI=1S/C17H24ClFN2/c18-16-7-4-8-17(19)15(16)13-21-11-5-6-14(21)12-20-9-2-1-3-10-20/h4,7-8,14H,1-3,5-6,9-13H2. The minimum absolute atomic E-state index is 0.175. The molecule has 0 amide bonds. The largest absolute Gasteiger partial charge is 0.302 e. The van der Waals surface area contributed by atoms with Crippen molar-refractivity contribution in [2.24, 2.45) is 0 Å². The summed E-state index contributed by atoms with van der Waals surface area (Å²) in [6, 6.07) is 5.53. The van der Waals surface area contributed by atoms with Crippen LogP contribution < -0.4 is 0 Å². The van der Waals surface area contributed by atoms with Crippen molar-refractivity contribution >= 4 is 11.6 Å². The zero-order valence-electron chi connectivity index (χ0n) is 12.5. The maximum absolute atomic E-state index is 14.0. The Morgan fingerprint density at radius 3 is 2.67 bits per heavy atom. The molecular formula is C17H24ClFN2. The molecule has 0 N–H and O–H groups in total. The van der Waals surface area contributed by atoms with Gasteiger partial charge in [-0.25, -0.2) is 4.39 Å². The Labute approximate surface area is 131 Å². The Morgan fingerprint density at radius 2 is 1.90 bits per heavy atom. The molecular weight excluding hydrogens is 287 g/mol. The van der Waals surface area contributed by atoms with Crippen molar-refractivity contribution in [1.82, 2.24) is 9.80 Å². The molecule has 1 atom stereocenters. The second kappa shape index (κ2) is 7.08. The lowest BCUT2D eigenvalue weighted by molar-refractivity contribution is 0.148. The Bertz CT molecular complexity index is 454. The normalized spacial score (nSPS) is 24.6. The van der Waals surface area contributed by atoms with Crippen LogP contribution in [0.4, 0.5) is 4.39 Å². The SMILES string of the molecule is Fc1cccc(Cl)c1CN1CCCC1CN1CCCCC1. The molecule has 1 unspecified atom stereocenters. The van der Waals surface area contributed by atoms with Gasteiger partial charge < -0.3 is 4.90 Å². The van der Waals surface area contributed by atoms with Gasteiger partial charge in [0.25, 0.3) is 0 Å². The molecule has 2 nitrogen and oxygen atoms in total. The summed E-state index contributed by atoms with van der Waals surface area (Å²) in [5, 5.41) is 0.554. The van der Waals surface area contributed by atoms with Gasteiger partial charge in [0.2, 0.25) is 0 Å². The summed E-state index contributed by atoms with van der Waals surface area (Å²) in [6.45, 7) is 5.29. The smallest absolute Gasteiger partial charge is 0.129 e. The molecule has 1 aromatic carbocycles. The van der Waals surface area contributed by atoms with Crippen LogP contribution >= 0.6 is 11.6 Å². The summed E-state index contributed by atoms with van der Waals surface area (Å²) in [7, 11) is 0. The van der Waals surface area contributed by atoms with Crippen molar-refractivity contribution in [3.63, 3.8) is 0 Å². The van der Waals surface area contributed by atoms with E-state index < -0.39 is 0 Å². The fourth-order valence-corrected chi connectivity index (χ4v) is 3.86. The Hall–Kier alpha value is -0.640. The van der Waals surface area contributed by atoms with Crippen LogP contribution in [0.3, 0.4) is 0 Å². The van der Waals surface area contributed by atoms with Gasteiger partial charge in [-0.1, -0.05) is 24.1 Å². The highest BCUT2D eigenvalue weighted by molar-refractivity contribution is 6.31. The highest BCUT2D eigenvalue weighted by atomic mass is 35.5.